The summed E-state index contributed by atoms with van der Waals surface area (Å²) in [7, 11) is 0. The van der Waals surface area contributed by atoms with Crippen LogP contribution in [0.2, 0.25) is 0 Å². The van der Waals surface area contributed by atoms with Crippen LogP contribution in [0, 0.1) is 0 Å². The van der Waals surface area contributed by atoms with Crippen molar-refractivity contribution in [2.45, 2.75) is 19.3 Å². The first-order valence-electron chi connectivity index (χ1n) is 5.53. The molecule has 1 atom stereocenters. The van der Waals surface area contributed by atoms with Gasteiger partial charge in [0, 0.05) is 29.0 Å². The largest absolute Gasteiger partial charge is 0.508 e. The highest BCUT2D eigenvalue weighted by molar-refractivity contribution is 7.11. The summed E-state index contributed by atoms with van der Waals surface area (Å²) in [5.74, 6) is 0.435. The summed E-state index contributed by atoms with van der Waals surface area (Å²) in [5, 5.41) is 19.7. The Hall–Kier alpha value is -1.39. The molecule has 1 heterocycles. The zero-order valence-corrected chi connectivity index (χ0v) is 10.4. The third-order valence-electron chi connectivity index (χ3n) is 2.66. The van der Waals surface area contributed by atoms with Crippen molar-refractivity contribution >= 4 is 11.3 Å². The lowest BCUT2D eigenvalue weighted by Crippen LogP contribution is -1.94. The third kappa shape index (κ3) is 2.84. The van der Waals surface area contributed by atoms with E-state index in [9.17, 15) is 5.11 Å². The maximum absolute atomic E-state index is 9.67. The van der Waals surface area contributed by atoms with E-state index in [0.717, 1.165) is 15.4 Å². The van der Waals surface area contributed by atoms with Crippen molar-refractivity contribution < 1.29 is 10.2 Å². The van der Waals surface area contributed by atoms with E-state index >= 15 is 0 Å². The van der Waals surface area contributed by atoms with Gasteiger partial charge in [-0.1, -0.05) is 25.1 Å². The van der Waals surface area contributed by atoms with Gasteiger partial charge in [0.15, 0.2) is 0 Å². The van der Waals surface area contributed by atoms with E-state index in [0.29, 0.717) is 12.2 Å². The van der Waals surface area contributed by atoms with E-state index in [1.54, 1.807) is 29.7 Å². The molecule has 2 N–H and O–H groups in total. The molecule has 0 saturated carbocycles. The second kappa shape index (κ2) is 5.29. The highest BCUT2D eigenvalue weighted by atomic mass is 32.1. The van der Waals surface area contributed by atoms with Gasteiger partial charge in [0.25, 0.3) is 0 Å². The van der Waals surface area contributed by atoms with Crippen LogP contribution in [0.4, 0.5) is 0 Å². The number of rotatable bonds is 4. The van der Waals surface area contributed by atoms with E-state index in [-0.39, 0.29) is 12.5 Å². The SMILES string of the molecule is CC(CO)c1cnc(Cc2ccccc2O)s1. The quantitative estimate of drug-likeness (QED) is 0.875. The van der Waals surface area contributed by atoms with Gasteiger partial charge in [-0.05, 0) is 6.07 Å². The molecule has 2 rings (SSSR count). The van der Waals surface area contributed by atoms with Gasteiger partial charge in [0.05, 0.1) is 11.6 Å². The normalized spacial score (nSPS) is 12.6. The van der Waals surface area contributed by atoms with Gasteiger partial charge in [-0.25, -0.2) is 4.98 Å². The van der Waals surface area contributed by atoms with E-state index in [2.05, 4.69) is 4.98 Å². The minimum absolute atomic E-state index is 0.130. The Morgan fingerprint density at radius 3 is 2.82 bits per heavy atom. The van der Waals surface area contributed by atoms with Crippen LogP contribution < -0.4 is 0 Å². The molecule has 1 aromatic carbocycles. The maximum Gasteiger partial charge on any atom is 0.119 e. The highest BCUT2D eigenvalue weighted by Gasteiger charge is 2.10. The van der Waals surface area contributed by atoms with Crippen LogP contribution in [-0.4, -0.2) is 21.8 Å². The first kappa shape index (κ1) is 12.1. The Morgan fingerprint density at radius 2 is 2.12 bits per heavy atom. The summed E-state index contributed by atoms with van der Waals surface area (Å²) in [6.07, 6.45) is 2.44. The molecule has 0 aliphatic heterocycles. The Morgan fingerprint density at radius 1 is 1.35 bits per heavy atom. The van der Waals surface area contributed by atoms with E-state index in [1.807, 2.05) is 19.1 Å². The van der Waals surface area contributed by atoms with E-state index < -0.39 is 0 Å². The Labute approximate surface area is 104 Å². The molecule has 0 aliphatic rings. The lowest BCUT2D eigenvalue weighted by Gasteiger charge is -2.02. The van der Waals surface area contributed by atoms with Gasteiger partial charge in [0.2, 0.25) is 0 Å². The first-order chi connectivity index (χ1) is 8.20. The van der Waals surface area contributed by atoms with Crippen molar-refractivity contribution in [3.05, 3.63) is 45.9 Å². The molecule has 0 saturated heterocycles. The smallest absolute Gasteiger partial charge is 0.119 e. The molecule has 3 nitrogen and oxygen atoms in total. The molecule has 1 unspecified atom stereocenters. The zero-order chi connectivity index (χ0) is 12.3. The number of phenolic OH excluding ortho intramolecular Hbond substituents is 1. The number of hydrogen-bond acceptors (Lipinski definition) is 4. The molecule has 1 aromatic heterocycles. The number of aliphatic hydroxyl groups excluding tert-OH is 1. The maximum atomic E-state index is 9.67. The molecule has 0 amide bonds. The number of thiazole rings is 1. The van der Waals surface area contributed by atoms with Crippen LogP contribution in [0.1, 0.15) is 28.3 Å². The van der Waals surface area contributed by atoms with Crippen molar-refractivity contribution in [2.75, 3.05) is 6.61 Å². The fourth-order valence-electron chi connectivity index (χ4n) is 1.55. The average molecular weight is 249 g/mol. The lowest BCUT2D eigenvalue weighted by molar-refractivity contribution is 0.274. The first-order valence-corrected chi connectivity index (χ1v) is 6.34. The third-order valence-corrected chi connectivity index (χ3v) is 3.89. The molecular formula is C13H15NO2S. The monoisotopic (exact) mass is 249 g/mol. The van der Waals surface area contributed by atoms with Gasteiger partial charge in [0.1, 0.15) is 5.75 Å². The Kier molecular flexibility index (Phi) is 3.76. The molecule has 4 heteroatoms. The van der Waals surface area contributed by atoms with E-state index in [4.69, 9.17) is 5.11 Å². The number of benzene rings is 1. The minimum atomic E-state index is 0.130. The number of phenols is 1. The predicted octanol–water partition coefficient (Wildman–Crippen LogP) is 2.54. The topological polar surface area (TPSA) is 53.4 Å². The van der Waals surface area contributed by atoms with Gasteiger partial charge in [-0.2, -0.15) is 0 Å². The second-order valence-electron chi connectivity index (χ2n) is 4.05. The molecule has 0 spiro atoms. The van der Waals surface area contributed by atoms with E-state index in [1.165, 1.54) is 0 Å². The number of aromatic hydroxyl groups is 1. The summed E-state index contributed by atoms with van der Waals surface area (Å²) in [6, 6.07) is 7.28. The van der Waals surface area contributed by atoms with Crippen molar-refractivity contribution in [2.24, 2.45) is 0 Å². The van der Waals surface area contributed by atoms with Gasteiger partial charge in [-0.3, -0.25) is 0 Å². The van der Waals surface area contributed by atoms with Crippen molar-refractivity contribution in [3.8, 4) is 5.75 Å². The molecular weight excluding hydrogens is 234 g/mol. The fourth-order valence-corrected chi connectivity index (χ4v) is 2.53. The summed E-state index contributed by atoms with van der Waals surface area (Å²) >= 11 is 1.59. The summed E-state index contributed by atoms with van der Waals surface area (Å²) < 4.78 is 0. The molecule has 0 fully saturated rings. The minimum Gasteiger partial charge on any atom is -0.508 e. The highest BCUT2D eigenvalue weighted by Crippen LogP contribution is 2.26. The number of aliphatic hydroxyl groups is 1. The van der Waals surface area contributed by atoms with Crippen LogP contribution in [0.25, 0.3) is 0 Å². The standard InChI is InChI=1S/C13H15NO2S/c1-9(8-15)12-7-14-13(17-12)6-10-4-2-3-5-11(10)16/h2-5,7,9,15-16H,6,8H2,1H3. The number of para-hydroxylation sites is 1. The lowest BCUT2D eigenvalue weighted by atomic mass is 10.1. The molecule has 2 aromatic rings. The van der Waals surface area contributed by atoms with Crippen LogP contribution in [0.15, 0.2) is 30.5 Å². The van der Waals surface area contributed by atoms with Crippen LogP contribution in [0.3, 0.4) is 0 Å². The summed E-state index contributed by atoms with van der Waals surface area (Å²) in [6.45, 7) is 2.11. The van der Waals surface area contributed by atoms with Gasteiger partial charge < -0.3 is 10.2 Å². The summed E-state index contributed by atoms with van der Waals surface area (Å²) in [5.41, 5.74) is 0.880. The molecule has 17 heavy (non-hydrogen) atoms. The van der Waals surface area contributed by atoms with Crippen molar-refractivity contribution in [3.63, 3.8) is 0 Å². The fraction of sp³-hybridized carbons (Fsp3) is 0.308. The van der Waals surface area contributed by atoms with Crippen molar-refractivity contribution in [1.82, 2.24) is 4.98 Å². The Balaban J connectivity index is 2.14. The molecule has 0 bridgehead atoms. The van der Waals surface area contributed by atoms with Crippen LogP contribution >= 0.6 is 11.3 Å². The summed E-state index contributed by atoms with van der Waals surface area (Å²) in [4.78, 5) is 5.40. The van der Waals surface area contributed by atoms with Crippen molar-refractivity contribution in [1.29, 1.82) is 0 Å². The molecule has 0 aliphatic carbocycles. The second-order valence-corrected chi connectivity index (χ2v) is 5.19. The average Bonchev–Trinajstić information content (AvgIpc) is 2.80. The van der Waals surface area contributed by atoms with Crippen LogP contribution in [-0.2, 0) is 6.42 Å². The van der Waals surface area contributed by atoms with Gasteiger partial charge >= 0.3 is 0 Å². The molecule has 90 valence electrons. The van der Waals surface area contributed by atoms with Gasteiger partial charge in [-0.15, -0.1) is 11.3 Å². The molecule has 0 radical (unpaired) electrons. The number of nitrogens with zero attached hydrogens (tertiary/aromatic N) is 1. The zero-order valence-electron chi connectivity index (χ0n) is 9.63. The Bertz CT molecular complexity index is 496. The number of hydrogen-bond donors (Lipinski definition) is 2. The predicted molar refractivity (Wildman–Crippen MR) is 68.5 cm³/mol. The number of aromatic nitrogens is 1. The van der Waals surface area contributed by atoms with Crippen LogP contribution in [0.5, 0.6) is 5.75 Å².